The second-order valence-corrected chi connectivity index (χ2v) is 5.43. The van der Waals surface area contributed by atoms with Crippen LogP contribution in [-0.2, 0) is 4.79 Å². The van der Waals surface area contributed by atoms with E-state index in [-0.39, 0.29) is 11.6 Å². The molecule has 0 bridgehead atoms. The average molecular weight is 332 g/mol. The van der Waals surface area contributed by atoms with E-state index in [0.29, 0.717) is 5.76 Å². The van der Waals surface area contributed by atoms with E-state index in [1.165, 1.54) is 12.3 Å². The van der Waals surface area contributed by atoms with Crippen LogP contribution in [0, 0.1) is 11.3 Å². The quantitative estimate of drug-likeness (QED) is 0.574. The smallest absolute Gasteiger partial charge is 0.262 e. The van der Waals surface area contributed by atoms with Crippen molar-refractivity contribution < 1.29 is 9.21 Å². The molecule has 1 amide bonds. The Labute approximate surface area is 145 Å². The molecule has 2 heterocycles. The molecule has 6 heteroatoms. The standard InChI is InChI=1S/C19H16N4O2/c1-14(15-5-2-6-17(11-15)23-9-4-8-21-23)22-19(24)16(13-20)12-18-7-3-10-25-18/h2-12,14H,1H3,(H,22,24)/b16-12-. The molecule has 2 aromatic heterocycles. The Morgan fingerprint density at radius 1 is 1.36 bits per heavy atom. The maximum absolute atomic E-state index is 12.3. The van der Waals surface area contributed by atoms with Gasteiger partial charge in [0.1, 0.15) is 17.4 Å². The third-order valence-electron chi connectivity index (χ3n) is 3.68. The molecule has 1 aromatic carbocycles. The van der Waals surface area contributed by atoms with Crippen molar-refractivity contribution >= 4 is 12.0 Å². The largest absolute Gasteiger partial charge is 0.465 e. The van der Waals surface area contributed by atoms with Gasteiger partial charge in [-0.3, -0.25) is 4.79 Å². The molecular weight excluding hydrogens is 316 g/mol. The van der Waals surface area contributed by atoms with Crippen LogP contribution in [0.25, 0.3) is 11.8 Å². The van der Waals surface area contributed by atoms with Crippen LogP contribution >= 0.6 is 0 Å². The van der Waals surface area contributed by atoms with Crippen LogP contribution in [0.5, 0.6) is 0 Å². The maximum Gasteiger partial charge on any atom is 0.262 e. The fraction of sp³-hybridized carbons (Fsp3) is 0.105. The van der Waals surface area contributed by atoms with Crippen molar-refractivity contribution in [3.05, 3.63) is 78.0 Å². The van der Waals surface area contributed by atoms with Crippen LogP contribution in [0.4, 0.5) is 0 Å². The van der Waals surface area contributed by atoms with E-state index < -0.39 is 5.91 Å². The van der Waals surface area contributed by atoms with E-state index in [4.69, 9.17) is 4.42 Å². The topological polar surface area (TPSA) is 83.9 Å². The summed E-state index contributed by atoms with van der Waals surface area (Å²) in [5.74, 6) is 0.0101. The number of aromatic nitrogens is 2. The minimum Gasteiger partial charge on any atom is -0.465 e. The van der Waals surface area contributed by atoms with E-state index in [9.17, 15) is 10.1 Å². The normalized spacial score (nSPS) is 12.4. The summed E-state index contributed by atoms with van der Waals surface area (Å²) >= 11 is 0. The van der Waals surface area contributed by atoms with Crippen molar-refractivity contribution in [1.29, 1.82) is 5.26 Å². The molecule has 0 saturated carbocycles. The molecule has 1 unspecified atom stereocenters. The fourth-order valence-corrected chi connectivity index (χ4v) is 2.38. The van der Waals surface area contributed by atoms with Gasteiger partial charge in [0.25, 0.3) is 5.91 Å². The van der Waals surface area contributed by atoms with Gasteiger partial charge in [0.15, 0.2) is 0 Å². The van der Waals surface area contributed by atoms with Crippen LogP contribution in [0.2, 0.25) is 0 Å². The lowest BCUT2D eigenvalue weighted by Crippen LogP contribution is -2.27. The number of carbonyl (C=O) groups excluding carboxylic acids is 1. The van der Waals surface area contributed by atoms with Crippen LogP contribution in [0.15, 0.2) is 71.1 Å². The summed E-state index contributed by atoms with van der Waals surface area (Å²) in [6.45, 7) is 1.86. The summed E-state index contributed by atoms with van der Waals surface area (Å²) < 4.78 is 6.89. The molecule has 124 valence electrons. The van der Waals surface area contributed by atoms with Gasteiger partial charge >= 0.3 is 0 Å². The molecular formula is C19H16N4O2. The number of nitrogens with zero attached hydrogens (tertiary/aromatic N) is 3. The number of rotatable bonds is 5. The van der Waals surface area contributed by atoms with Crippen LogP contribution in [0.1, 0.15) is 24.3 Å². The van der Waals surface area contributed by atoms with Crippen LogP contribution in [-0.4, -0.2) is 15.7 Å². The van der Waals surface area contributed by atoms with E-state index in [0.717, 1.165) is 11.3 Å². The molecule has 0 spiro atoms. The third-order valence-corrected chi connectivity index (χ3v) is 3.68. The Kier molecular flexibility index (Phi) is 4.77. The predicted molar refractivity (Wildman–Crippen MR) is 92.4 cm³/mol. The van der Waals surface area contributed by atoms with Gasteiger partial charge < -0.3 is 9.73 Å². The van der Waals surface area contributed by atoms with Gasteiger partial charge in [-0.05, 0) is 42.8 Å². The number of amides is 1. The summed E-state index contributed by atoms with van der Waals surface area (Å²) in [7, 11) is 0. The highest BCUT2D eigenvalue weighted by Gasteiger charge is 2.15. The molecule has 0 saturated heterocycles. The molecule has 0 radical (unpaired) electrons. The Morgan fingerprint density at radius 3 is 2.92 bits per heavy atom. The fourth-order valence-electron chi connectivity index (χ4n) is 2.38. The molecule has 0 aliphatic heterocycles. The average Bonchev–Trinajstić information content (AvgIpc) is 3.33. The summed E-state index contributed by atoms with van der Waals surface area (Å²) in [5, 5.41) is 16.2. The number of nitriles is 1. The van der Waals surface area contributed by atoms with Gasteiger partial charge in [0.05, 0.1) is 18.0 Å². The zero-order valence-corrected chi connectivity index (χ0v) is 13.6. The molecule has 25 heavy (non-hydrogen) atoms. The summed E-state index contributed by atoms with van der Waals surface area (Å²) in [4.78, 5) is 12.3. The molecule has 0 aliphatic carbocycles. The first-order chi connectivity index (χ1) is 12.2. The number of furan rings is 1. The van der Waals surface area contributed by atoms with Gasteiger partial charge in [-0.15, -0.1) is 0 Å². The Balaban J connectivity index is 1.75. The van der Waals surface area contributed by atoms with Crippen molar-refractivity contribution in [1.82, 2.24) is 15.1 Å². The van der Waals surface area contributed by atoms with Crippen molar-refractivity contribution in [2.45, 2.75) is 13.0 Å². The number of nitrogens with one attached hydrogen (secondary N) is 1. The zero-order chi connectivity index (χ0) is 17.6. The highest BCUT2D eigenvalue weighted by molar-refractivity contribution is 6.01. The molecule has 3 rings (SSSR count). The van der Waals surface area contributed by atoms with Crippen molar-refractivity contribution in [3.8, 4) is 11.8 Å². The number of benzene rings is 1. The van der Waals surface area contributed by atoms with Crippen LogP contribution < -0.4 is 5.32 Å². The monoisotopic (exact) mass is 332 g/mol. The molecule has 1 atom stereocenters. The van der Waals surface area contributed by atoms with Gasteiger partial charge in [0.2, 0.25) is 0 Å². The SMILES string of the molecule is CC(NC(=O)/C(C#N)=C\c1ccco1)c1cccc(-n2cccn2)c1. The Morgan fingerprint density at radius 2 is 2.24 bits per heavy atom. The Hall–Kier alpha value is -3.59. The first kappa shape index (κ1) is 16.3. The van der Waals surface area contributed by atoms with Gasteiger partial charge in [0, 0.05) is 18.5 Å². The molecule has 0 fully saturated rings. The predicted octanol–water partition coefficient (Wildman–Crippen LogP) is 3.25. The minimum absolute atomic E-state index is 0.00923. The Bertz CT molecular complexity index is 919. The van der Waals surface area contributed by atoms with E-state index in [1.54, 1.807) is 23.0 Å². The maximum atomic E-state index is 12.3. The summed E-state index contributed by atoms with van der Waals surface area (Å²) in [6.07, 6.45) is 6.46. The first-order valence-corrected chi connectivity index (χ1v) is 7.73. The van der Waals surface area contributed by atoms with Crippen molar-refractivity contribution in [2.24, 2.45) is 0 Å². The van der Waals surface area contributed by atoms with Gasteiger partial charge in [-0.25, -0.2) is 4.68 Å². The lowest BCUT2D eigenvalue weighted by atomic mass is 10.1. The van der Waals surface area contributed by atoms with E-state index >= 15 is 0 Å². The summed E-state index contributed by atoms with van der Waals surface area (Å²) in [6, 6.07) is 14.6. The number of carbonyl (C=O) groups is 1. The molecule has 3 aromatic rings. The highest BCUT2D eigenvalue weighted by atomic mass is 16.3. The lowest BCUT2D eigenvalue weighted by molar-refractivity contribution is -0.117. The third kappa shape index (κ3) is 3.85. The zero-order valence-electron chi connectivity index (χ0n) is 13.6. The lowest BCUT2D eigenvalue weighted by Gasteiger charge is -2.15. The van der Waals surface area contributed by atoms with Crippen molar-refractivity contribution in [2.75, 3.05) is 0 Å². The van der Waals surface area contributed by atoms with Gasteiger partial charge in [-0.2, -0.15) is 10.4 Å². The molecule has 6 nitrogen and oxygen atoms in total. The molecule has 0 aliphatic rings. The van der Waals surface area contributed by atoms with E-state index in [2.05, 4.69) is 10.4 Å². The second kappa shape index (κ2) is 7.32. The van der Waals surface area contributed by atoms with Crippen LogP contribution in [0.3, 0.4) is 0 Å². The van der Waals surface area contributed by atoms with Gasteiger partial charge in [-0.1, -0.05) is 12.1 Å². The highest BCUT2D eigenvalue weighted by Crippen LogP contribution is 2.17. The first-order valence-electron chi connectivity index (χ1n) is 7.73. The number of hydrogen-bond donors (Lipinski definition) is 1. The van der Waals surface area contributed by atoms with Crippen molar-refractivity contribution in [3.63, 3.8) is 0 Å². The molecule has 1 N–H and O–H groups in total. The van der Waals surface area contributed by atoms with E-state index in [1.807, 2.05) is 49.5 Å². The number of hydrogen-bond acceptors (Lipinski definition) is 4. The minimum atomic E-state index is -0.448. The summed E-state index contributed by atoms with van der Waals surface area (Å²) in [5.41, 5.74) is 1.80. The second-order valence-electron chi connectivity index (χ2n) is 5.43.